The SMILES string of the molecule is C/C(=C\c1ccccc1)CNc1ncc(-c2ccc(F)cc2)n1C. The van der Waals surface area contributed by atoms with Gasteiger partial charge in [-0.15, -0.1) is 0 Å². The van der Waals surface area contributed by atoms with Crippen molar-refractivity contribution in [3.05, 3.63) is 77.7 Å². The maximum absolute atomic E-state index is 13.1. The lowest BCUT2D eigenvalue weighted by Gasteiger charge is -2.09. The van der Waals surface area contributed by atoms with Crippen LogP contribution in [0.25, 0.3) is 17.3 Å². The van der Waals surface area contributed by atoms with Gasteiger partial charge in [0.1, 0.15) is 5.82 Å². The standard InChI is InChI=1S/C20H20FN3/c1-15(12-16-6-4-3-5-7-16)13-22-20-23-14-19(24(20)2)17-8-10-18(21)11-9-17/h3-12,14H,13H2,1-2H3,(H,22,23)/b15-12+. The van der Waals surface area contributed by atoms with Gasteiger partial charge in [-0.05, 0) is 36.8 Å². The second-order valence-electron chi connectivity index (χ2n) is 5.79. The highest BCUT2D eigenvalue weighted by Crippen LogP contribution is 2.22. The van der Waals surface area contributed by atoms with E-state index >= 15 is 0 Å². The van der Waals surface area contributed by atoms with Gasteiger partial charge in [0.25, 0.3) is 0 Å². The van der Waals surface area contributed by atoms with Gasteiger partial charge in [0, 0.05) is 19.2 Å². The molecule has 0 saturated heterocycles. The van der Waals surface area contributed by atoms with Gasteiger partial charge in [0.15, 0.2) is 0 Å². The van der Waals surface area contributed by atoms with Crippen molar-refractivity contribution in [1.29, 1.82) is 0 Å². The summed E-state index contributed by atoms with van der Waals surface area (Å²) >= 11 is 0. The highest BCUT2D eigenvalue weighted by molar-refractivity contribution is 5.61. The van der Waals surface area contributed by atoms with Crippen molar-refractivity contribution in [3.63, 3.8) is 0 Å². The monoisotopic (exact) mass is 321 g/mol. The molecule has 0 spiro atoms. The third kappa shape index (κ3) is 3.71. The van der Waals surface area contributed by atoms with Gasteiger partial charge in [-0.1, -0.05) is 42.0 Å². The van der Waals surface area contributed by atoms with E-state index in [0.29, 0.717) is 6.54 Å². The molecule has 0 saturated carbocycles. The Hall–Kier alpha value is -2.88. The van der Waals surface area contributed by atoms with E-state index in [1.165, 1.54) is 23.3 Å². The molecule has 0 fully saturated rings. The Bertz CT molecular complexity index is 833. The highest BCUT2D eigenvalue weighted by Gasteiger charge is 2.08. The van der Waals surface area contributed by atoms with Crippen molar-refractivity contribution in [1.82, 2.24) is 9.55 Å². The molecule has 0 unspecified atom stereocenters. The van der Waals surface area contributed by atoms with E-state index in [-0.39, 0.29) is 5.82 Å². The van der Waals surface area contributed by atoms with Gasteiger partial charge in [-0.2, -0.15) is 0 Å². The van der Waals surface area contributed by atoms with Crippen LogP contribution in [0.2, 0.25) is 0 Å². The fourth-order valence-electron chi connectivity index (χ4n) is 2.57. The van der Waals surface area contributed by atoms with Crippen molar-refractivity contribution in [2.24, 2.45) is 7.05 Å². The number of aromatic nitrogens is 2. The minimum absolute atomic E-state index is 0.235. The first kappa shape index (κ1) is 16.0. The minimum Gasteiger partial charge on any atom is -0.352 e. The smallest absolute Gasteiger partial charge is 0.203 e. The number of rotatable bonds is 5. The molecule has 0 radical (unpaired) electrons. The number of imidazole rings is 1. The number of nitrogens with zero attached hydrogens (tertiary/aromatic N) is 2. The Morgan fingerprint density at radius 2 is 1.83 bits per heavy atom. The molecule has 122 valence electrons. The molecule has 3 nitrogen and oxygen atoms in total. The number of hydrogen-bond donors (Lipinski definition) is 1. The van der Waals surface area contributed by atoms with E-state index in [2.05, 4.69) is 35.4 Å². The van der Waals surface area contributed by atoms with Crippen LogP contribution in [0.1, 0.15) is 12.5 Å². The quantitative estimate of drug-likeness (QED) is 0.735. The Labute approximate surface area is 141 Å². The van der Waals surface area contributed by atoms with Crippen molar-refractivity contribution in [3.8, 4) is 11.3 Å². The van der Waals surface area contributed by atoms with Crippen molar-refractivity contribution >= 4 is 12.0 Å². The lowest BCUT2D eigenvalue weighted by atomic mass is 10.1. The van der Waals surface area contributed by atoms with Crippen LogP contribution in [0.3, 0.4) is 0 Å². The lowest BCUT2D eigenvalue weighted by Crippen LogP contribution is -2.08. The Morgan fingerprint density at radius 3 is 2.54 bits per heavy atom. The molecule has 1 N–H and O–H groups in total. The van der Waals surface area contributed by atoms with Gasteiger partial charge < -0.3 is 9.88 Å². The summed E-state index contributed by atoms with van der Waals surface area (Å²) in [4.78, 5) is 4.42. The Morgan fingerprint density at radius 1 is 1.12 bits per heavy atom. The zero-order valence-corrected chi connectivity index (χ0v) is 13.8. The predicted octanol–water partition coefficient (Wildman–Crippen LogP) is 4.74. The van der Waals surface area contributed by atoms with E-state index in [1.807, 2.05) is 29.8 Å². The number of anilines is 1. The van der Waals surface area contributed by atoms with Crippen LogP contribution in [-0.4, -0.2) is 16.1 Å². The van der Waals surface area contributed by atoms with Gasteiger partial charge in [-0.25, -0.2) is 9.37 Å². The minimum atomic E-state index is -0.235. The first-order valence-corrected chi connectivity index (χ1v) is 7.87. The molecule has 1 heterocycles. The summed E-state index contributed by atoms with van der Waals surface area (Å²) in [5, 5.41) is 3.34. The molecule has 3 aromatic rings. The van der Waals surface area contributed by atoms with Gasteiger partial charge in [0.05, 0.1) is 11.9 Å². The number of nitrogens with one attached hydrogen (secondary N) is 1. The molecule has 24 heavy (non-hydrogen) atoms. The molecule has 0 atom stereocenters. The van der Waals surface area contributed by atoms with Crippen molar-refractivity contribution in [2.45, 2.75) is 6.92 Å². The third-order valence-electron chi connectivity index (χ3n) is 3.87. The molecular weight excluding hydrogens is 301 g/mol. The Balaban J connectivity index is 1.70. The molecule has 4 heteroatoms. The number of halogens is 1. The average Bonchev–Trinajstić information content (AvgIpc) is 2.95. The molecule has 0 aliphatic carbocycles. The van der Waals surface area contributed by atoms with Crippen LogP contribution in [-0.2, 0) is 7.05 Å². The molecule has 0 aliphatic heterocycles. The van der Waals surface area contributed by atoms with Crippen LogP contribution in [0.15, 0.2) is 66.4 Å². The fraction of sp³-hybridized carbons (Fsp3) is 0.150. The van der Waals surface area contributed by atoms with E-state index in [1.54, 1.807) is 18.3 Å². The summed E-state index contributed by atoms with van der Waals surface area (Å²) in [6.07, 6.45) is 3.95. The number of hydrogen-bond acceptors (Lipinski definition) is 2. The number of benzene rings is 2. The molecule has 3 rings (SSSR count). The Kier molecular flexibility index (Phi) is 4.75. The second-order valence-corrected chi connectivity index (χ2v) is 5.79. The molecule has 2 aromatic carbocycles. The van der Waals surface area contributed by atoms with Crippen molar-refractivity contribution < 1.29 is 4.39 Å². The molecule has 0 amide bonds. The maximum Gasteiger partial charge on any atom is 0.203 e. The van der Waals surface area contributed by atoms with Gasteiger partial charge in [0.2, 0.25) is 5.95 Å². The zero-order valence-electron chi connectivity index (χ0n) is 13.8. The molecule has 0 aliphatic rings. The molecule has 1 aromatic heterocycles. The van der Waals surface area contributed by atoms with Crippen LogP contribution in [0, 0.1) is 5.82 Å². The zero-order chi connectivity index (χ0) is 16.9. The van der Waals surface area contributed by atoms with Gasteiger partial charge in [-0.3, -0.25) is 0 Å². The molecular formula is C20H20FN3. The first-order chi connectivity index (χ1) is 11.6. The van der Waals surface area contributed by atoms with Crippen LogP contribution < -0.4 is 5.32 Å². The summed E-state index contributed by atoms with van der Waals surface area (Å²) in [5.41, 5.74) is 4.29. The first-order valence-electron chi connectivity index (χ1n) is 7.87. The van der Waals surface area contributed by atoms with Crippen LogP contribution >= 0.6 is 0 Å². The third-order valence-corrected chi connectivity index (χ3v) is 3.87. The summed E-state index contributed by atoms with van der Waals surface area (Å²) in [5.74, 6) is 0.552. The van der Waals surface area contributed by atoms with Crippen molar-refractivity contribution in [2.75, 3.05) is 11.9 Å². The summed E-state index contributed by atoms with van der Waals surface area (Å²) in [6.45, 7) is 2.80. The largest absolute Gasteiger partial charge is 0.352 e. The topological polar surface area (TPSA) is 29.9 Å². The summed E-state index contributed by atoms with van der Waals surface area (Å²) < 4.78 is 15.0. The second kappa shape index (κ2) is 7.13. The van der Waals surface area contributed by atoms with E-state index < -0.39 is 0 Å². The average molecular weight is 321 g/mol. The van der Waals surface area contributed by atoms with Crippen LogP contribution in [0.5, 0.6) is 0 Å². The maximum atomic E-state index is 13.1. The van der Waals surface area contributed by atoms with E-state index in [4.69, 9.17) is 0 Å². The van der Waals surface area contributed by atoms with Gasteiger partial charge >= 0.3 is 0 Å². The summed E-state index contributed by atoms with van der Waals surface area (Å²) in [6, 6.07) is 16.7. The van der Waals surface area contributed by atoms with E-state index in [0.717, 1.165) is 17.2 Å². The van der Waals surface area contributed by atoms with Crippen LogP contribution in [0.4, 0.5) is 10.3 Å². The summed E-state index contributed by atoms with van der Waals surface area (Å²) in [7, 11) is 1.95. The fourth-order valence-corrected chi connectivity index (χ4v) is 2.57. The normalized spacial score (nSPS) is 11.5. The highest BCUT2D eigenvalue weighted by atomic mass is 19.1. The van der Waals surface area contributed by atoms with E-state index in [9.17, 15) is 4.39 Å². The molecule has 0 bridgehead atoms. The predicted molar refractivity (Wildman–Crippen MR) is 97.2 cm³/mol. The lowest BCUT2D eigenvalue weighted by molar-refractivity contribution is 0.628.